The van der Waals surface area contributed by atoms with E-state index in [0.717, 1.165) is 10.0 Å². The summed E-state index contributed by atoms with van der Waals surface area (Å²) in [5, 5.41) is 0. The monoisotopic (exact) mass is 298 g/mol. The van der Waals surface area contributed by atoms with E-state index in [4.69, 9.17) is 5.73 Å². The fourth-order valence-corrected chi connectivity index (χ4v) is 2.08. The van der Waals surface area contributed by atoms with E-state index in [-0.39, 0.29) is 11.9 Å². The first-order valence-electron chi connectivity index (χ1n) is 5.80. The molecule has 3 nitrogen and oxygen atoms in total. The second-order valence-corrected chi connectivity index (χ2v) is 5.13. The number of carbonyl (C=O) groups is 1. The number of halogens is 1. The number of benzene rings is 1. The van der Waals surface area contributed by atoms with Crippen molar-refractivity contribution in [2.24, 2.45) is 5.73 Å². The molecule has 0 aromatic heterocycles. The summed E-state index contributed by atoms with van der Waals surface area (Å²) < 4.78 is 1.03. The van der Waals surface area contributed by atoms with Gasteiger partial charge in [-0.2, -0.15) is 0 Å². The third-order valence-corrected chi connectivity index (χ3v) is 2.99. The first-order valence-corrected chi connectivity index (χ1v) is 6.60. The maximum absolute atomic E-state index is 11.9. The third kappa shape index (κ3) is 4.88. The van der Waals surface area contributed by atoms with Gasteiger partial charge in [-0.15, -0.1) is 0 Å². The van der Waals surface area contributed by atoms with Crippen LogP contribution in [0.4, 0.5) is 0 Å². The number of hydrogen-bond acceptors (Lipinski definition) is 2. The highest BCUT2D eigenvalue weighted by Gasteiger charge is 2.13. The van der Waals surface area contributed by atoms with Crippen LogP contribution in [0.2, 0.25) is 0 Å². The molecule has 0 radical (unpaired) electrons. The average Bonchev–Trinajstić information content (AvgIpc) is 2.24. The summed E-state index contributed by atoms with van der Waals surface area (Å²) in [4.78, 5) is 13.7. The van der Waals surface area contributed by atoms with Gasteiger partial charge in [0, 0.05) is 30.0 Å². The highest BCUT2D eigenvalue weighted by atomic mass is 79.9. The molecule has 0 saturated heterocycles. The zero-order chi connectivity index (χ0) is 12.8. The molecular formula is C13H19BrN2O. The number of hydrogen-bond donors (Lipinski definition) is 1. The topological polar surface area (TPSA) is 46.3 Å². The van der Waals surface area contributed by atoms with Crippen LogP contribution in [-0.2, 0) is 11.3 Å². The molecule has 0 aliphatic carbocycles. The van der Waals surface area contributed by atoms with Crippen LogP contribution in [0.5, 0.6) is 0 Å². The Hall–Kier alpha value is -0.870. The van der Waals surface area contributed by atoms with Crippen LogP contribution in [0.3, 0.4) is 0 Å². The van der Waals surface area contributed by atoms with Gasteiger partial charge in [-0.1, -0.05) is 28.1 Å². The second kappa shape index (κ2) is 6.77. The number of nitrogens with two attached hydrogens (primary N) is 1. The molecule has 4 heteroatoms. The average molecular weight is 299 g/mol. The van der Waals surface area contributed by atoms with Gasteiger partial charge < -0.3 is 10.6 Å². The summed E-state index contributed by atoms with van der Waals surface area (Å²) in [6.45, 7) is 5.18. The minimum atomic E-state index is -0.0842. The van der Waals surface area contributed by atoms with Crippen LogP contribution in [0.25, 0.3) is 0 Å². The predicted octanol–water partition coefficient (Wildman–Crippen LogP) is 2.53. The maximum atomic E-state index is 11.9. The number of amides is 1. The van der Waals surface area contributed by atoms with Crippen molar-refractivity contribution in [2.75, 3.05) is 6.54 Å². The Kier molecular flexibility index (Phi) is 5.65. The maximum Gasteiger partial charge on any atom is 0.224 e. The highest BCUT2D eigenvalue weighted by Crippen LogP contribution is 2.14. The molecule has 0 saturated carbocycles. The molecule has 0 heterocycles. The van der Waals surface area contributed by atoms with E-state index < -0.39 is 0 Å². The summed E-state index contributed by atoms with van der Waals surface area (Å²) in [5.74, 6) is 0.113. The molecule has 0 bridgehead atoms. The Morgan fingerprint density at radius 2 is 2.24 bits per heavy atom. The standard InChI is InChI=1S/C13H19BrN2O/c1-3-16(13(17)7-10(2)15)9-11-5-4-6-12(14)8-11/h4-6,8,10H,3,7,9,15H2,1-2H3. The van der Waals surface area contributed by atoms with Crippen LogP contribution >= 0.6 is 15.9 Å². The molecule has 1 unspecified atom stereocenters. The van der Waals surface area contributed by atoms with E-state index >= 15 is 0 Å². The lowest BCUT2D eigenvalue weighted by Crippen LogP contribution is -2.34. The number of rotatable bonds is 5. The van der Waals surface area contributed by atoms with E-state index in [0.29, 0.717) is 19.5 Å². The summed E-state index contributed by atoms with van der Waals surface area (Å²) >= 11 is 3.43. The Morgan fingerprint density at radius 1 is 1.53 bits per heavy atom. The van der Waals surface area contributed by atoms with Gasteiger partial charge in [-0.05, 0) is 31.5 Å². The van der Waals surface area contributed by atoms with Gasteiger partial charge >= 0.3 is 0 Å². The number of carbonyl (C=O) groups excluding carboxylic acids is 1. The SMILES string of the molecule is CCN(Cc1cccc(Br)c1)C(=O)CC(C)N. The Bertz CT molecular complexity index is 379. The predicted molar refractivity (Wildman–Crippen MR) is 73.5 cm³/mol. The molecule has 1 aromatic rings. The first-order chi connectivity index (χ1) is 8.02. The summed E-state index contributed by atoms with van der Waals surface area (Å²) in [7, 11) is 0. The van der Waals surface area contributed by atoms with Gasteiger partial charge in [0.05, 0.1) is 0 Å². The van der Waals surface area contributed by atoms with Crippen LogP contribution in [0.1, 0.15) is 25.8 Å². The van der Waals surface area contributed by atoms with Gasteiger partial charge in [-0.3, -0.25) is 4.79 Å². The van der Waals surface area contributed by atoms with Crippen molar-refractivity contribution in [3.8, 4) is 0 Å². The van der Waals surface area contributed by atoms with Gasteiger partial charge in [0.1, 0.15) is 0 Å². The molecule has 17 heavy (non-hydrogen) atoms. The molecule has 2 N–H and O–H groups in total. The molecule has 94 valence electrons. The molecule has 0 spiro atoms. The lowest BCUT2D eigenvalue weighted by atomic mass is 10.2. The third-order valence-electron chi connectivity index (χ3n) is 2.49. The largest absolute Gasteiger partial charge is 0.339 e. The van der Waals surface area contributed by atoms with Crippen molar-refractivity contribution >= 4 is 21.8 Å². The lowest BCUT2D eigenvalue weighted by molar-refractivity contribution is -0.131. The first kappa shape index (κ1) is 14.2. The molecule has 0 fully saturated rings. The van der Waals surface area contributed by atoms with Gasteiger partial charge in [-0.25, -0.2) is 0 Å². The smallest absolute Gasteiger partial charge is 0.224 e. The molecule has 1 atom stereocenters. The lowest BCUT2D eigenvalue weighted by Gasteiger charge is -2.22. The quantitative estimate of drug-likeness (QED) is 0.908. The molecule has 1 rings (SSSR count). The van der Waals surface area contributed by atoms with Crippen LogP contribution in [0.15, 0.2) is 28.7 Å². The van der Waals surface area contributed by atoms with Gasteiger partial charge in [0.15, 0.2) is 0 Å². The van der Waals surface area contributed by atoms with Crippen molar-refractivity contribution in [3.05, 3.63) is 34.3 Å². The van der Waals surface area contributed by atoms with E-state index in [1.54, 1.807) is 0 Å². The van der Waals surface area contributed by atoms with Crippen LogP contribution < -0.4 is 5.73 Å². The van der Waals surface area contributed by atoms with Gasteiger partial charge in [0.2, 0.25) is 5.91 Å². The molecule has 1 aromatic carbocycles. The fourth-order valence-electron chi connectivity index (χ4n) is 1.64. The molecule has 0 aliphatic heterocycles. The Balaban J connectivity index is 2.66. The fraction of sp³-hybridized carbons (Fsp3) is 0.462. The van der Waals surface area contributed by atoms with Crippen LogP contribution in [0, 0.1) is 0 Å². The van der Waals surface area contributed by atoms with E-state index in [9.17, 15) is 4.79 Å². The minimum Gasteiger partial charge on any atom is -0.339 e. The summed E-state index contributed by atoms with van der Waals surface area (Å²) in [6.07, 6.45) is 0.405. The Morgan fingerprint density at radius 3 is 2.76 bits per heavy atom. The molecule has 1 amide bonds. The van der Waals surface area contributed by atoms with E-state index in [2.05, 4.69) is 15.9 Å². The minimum absolute atomic E-state index is 0.0842. The zero-order valence-electron chi connectivity index (χ0n) is 10.3. The molecular weight excluding hydrogens is 280 g/mol. The van der Waals surface area contributed by atoms with E-state index in [1.807, 2.05) is 43.0 Å². The van der Waals surface area contributed by atoms with Crippen molar-refractivity contribution in [1.29, 1.82) is 0 Å². The van der Waals surface area contributed by atoms with Crippen molar-refractivity contribution in [1.82, 2.24) is 4.90 Å². The second-order valence-electron chi connectivity index (χ2n) is 4.22. The van der Waals surface area contributed by atoms with Crippen molar-refractivity contribution in [2.45, 2.75) is 32.9 Å². The number of nitrogens with zero attached hydrogens (tertiary/aromatic N) is 1. The normalized spacial score (nSPS) is 12.2. The van der Waals surface area contributed by atoms with Crippen molar-refractivity contribution < 1.29 is 4.79 Å². The van der Waals surface area contributed by atoms with Gasteiger partial charge in [0.25, 0.3) is 0 Å². The molecule has 0 aliphatic rings. The summed E-state index contributed by atoms with van der Waals surface area (Å²) in [6, 6.07) is 7.92. The highest BCUT2D eigenvalue weighted by molar-refractivity contribution is 9.10. The summed E-state index contributed by atoms with van der Waals surface area (Å²) in [5.41, 5.74) is 6.77. The Labute approximate surface area is 111 Å². The zero-order valence-corrected chi connectivity index (χ0v) is 11.9. The van der Waals surface area contributed by atoms with E-state index in [1.165, 1.54) is 0 Å². The van der Waals surface area contributed by atoms with Crippen LogP contribution in [-0.4, -0.2) is 23.4 Å². The van der Waals surface area contributed by atoms with Crippen molar-refractivity contribution in [3.63, 3.8) is 0 Å².